The van der Waals surface area contributed by atoms with E-state index in [2.05, 4.69) is 34.1 Å². The standard InChI is InChI=1S/C17H23N3O/c1-14(13-18)20-9-7-19(8-10-20)6-4-15-2-3-17-16(12-15)5-11-21-17/h2-3,12,14H,4-11H2,1H3. The van der Waals surface area contributed by atoms with E-state index in [-0.39, 0.29) is 6.04 Å². The zero-order valence-corrected chi connectivity index (χ0v) is 12.7. The van der Waals surface area contributed by atoms with Crippen LogP contribution in [0.2, 0.25) is 0 Å². The van der Waals surface area contributed by atoms with Crippen molar-refractivity contribution in [3.8, 4) is 11.8 Å². The molecule has 112 valence electrons. The van der Waals surface area contributed by atoms with Crippen molar-refractivity contribution in [2.45, 2.75) is 25.8 Å². The van der Waals surface area contributed by atoms with Crippen molar-refractivity contribution in [1.29, 1.82) is 5.26 Å². The molecule has 4 heteroatoms. The van der Waals surface area contributed by atoms with Gasteiger partial charge in [0.25, 0.3) is 0 Å². The van der Waals surface area contributed by atoms with Gasteiger partial charge in [-0.15, -0.1) is 0 Å². The van der Waals surface area contributed by atoms with Crippen LogP contribution in [0.3, 0.4) is 0 Å². The van der Waals surface area contributed by atoms with Gasteiger partial charge in [0.05, 0.1) is 18.7 Å². The van der Waals surface area contributed by atoms with Crippen molar-refractivity contribution in [3.05, 3.63) is 29.3 Å². The molecule has 0 radical (unpaired) electrons. The van der Waals surface area contributed by atoms with Crippen molar-refractivity contribution in [2.75, 3.05) is 39.3 Å². The first kappa shape index (κ1) is 14.4. The molecule has 3 rings (SSSR count). The molecule has 1 fully saturated rings. The molecule has 1 aromatic rings. The van der Waals surface area contributed by atoms with Gasteiger partial charge in [-0.3, -0.25) is 4.90 Å². The quantitative estimate of drug-likeness (QED) is 0.844. The third-order valence-corrected chi connectivity index (χ3v) is 4.61. The number of piperazine rings is 1. The lowest BCUT2D eigenvalue weighted by molar-refractivity contribution is 0.120. The molecule has 0 aliphatic carbocycles. The number of hydrogen-bond acceptors (Lipinski definition) is 4. The predicted octanol–water partition coefficient (Wildman–Crippen LogP) is 1.69. The Balaban J connectivity index is 1.47. The van der Waals surface area contributed by atoms with Gasteiger partial charge in [-0.1, -0.05) is 12.1 Å². The fourth-order valence-corrected chi connectivity index (χ4v) is 3.14. The summed E-state index contributed by atoms with van der Waals surface area (Å²) >= 11 is 0. The molecule has 0 amide bonds. The highest BCUT2D eigenvalue weighted by Gasteiger charge is 2.20. The number of fused-ring (bicyclic) bond motifs is 1. The Hall–Kier alpha value is -1.57. The Labute approximate surface area is 126 Å². The van der Waals surface area contributed by atoms with E-state index in [0.717, 1.165) is 57.9 Å². The van der Waals surface area contributed by atoms with Crippen molar-refractivity contribution < 1.29 is 4.74 Å². The van der Waals surface area contributed by atoms with Crippen molar-refractivity contribution in [3.63, 3.8) is 0 Å². The maximum Gasteiger partial charge on any atom is 0.122 e. The molecular weight excluding hydrogens is 262 g/mol. The van der Waals surface area contributed by atoms with E-state index in [1.54, 1.807) is 0 Å². The topological polar surface area (TPSA) is 39.5 Å². The van der Waals surface area contributed by atoms with E-state index in [1.165, 1.54) is 11.1 Å². The average molecular weight is 285 g/mol. The summed E-state index contributed by atoms with van der Waals surface area (Å²) in [6.45, 7) is 8.08. The zero-order valence-electron chi connectivity index (χ0n) is 12.7. The monoisotopic (exact) mass is 285 g/mol. The smallest absolute Gasteiger partial charge is 0.122 e. The van der Waals surface area contributed by atoms with Gasteiger partial charge in [-0.2, -0.15) is 5.26 Å². The summed E-state index contributed by atoms with van der Waals surface area (Å²) in [6.07, 6.45) is 2.15. The summed E-state index contributed by atoms with van der Waals surface area (Å²) in [6, 6.07) is 8.98. The number of rotatable bonds is 4. The third-order valence-electron chi connectivity index (χ3n) is 4.61. The van der Waals surface area contributed by atoms with Crippen LogP contribution in [-0.4, -0.2) is 55.2 Å². The number of hydrogen-bond donors (Lipinski definition) is 0. The maximum atomic E-state index is 8.97. The van der Waals surface area contributed by atoms with Crippen LogP contribution in [0, 0.1) is 11.3 Å². The molecule has 1 aromatic carbocycles. The molecule has 1 unspecified atom stereocenters. The molecule has 0 aromatic heterocycles. The summed E-state index contributed by atoms with van der Waals surface area (Å²) in [5, 5.41) is 8.97. The first-order chi connectivity index (χ1) is 10.3. The summed E-state index contributed by atoms with van der Waals surface area (Å²) in [5.41, 5.74) is 2.77. The van der Waals surface area contributed by atoms with Crippen molar-refractivity contribution >= 4 is 0 Å². The van der Waals surface area contributed by atoms with Crippen LogP contribution in [0.4, 0.5) is 0 Å². The van der Waals surface area contributed by atoms with E-state index in [9.17, 15) is 0 Å². The number of nitriles is 1. The van der Waals surface area contributed by atoms with Gasteiger partial charge in [0.15, 0.2) is 0 Å². The Morgan fingerprint density at radius 2 is 2.10 bits per heavy atom. The molecule has 2 heterocycles. The van der Waals surface area contributed by atoms with Crippen LogP contribution in [0.1, 0.15) is 18.1 Å². The highest BCUT2D eigenvalue weighted by molar-refractivity contribution is 5.39. The van der Waals surface area contributed by atoms with Crippen LogP contribution in [0.5, 0.6) is 5.75 Å². The molecule has 1 saturated heterocycles. The van der Waals surface area contributed by atoms with Crippen LogP contribution in [0.15, 0.2) is 18.2 Å². The lowest BCUT2D eigenvalue weighted by atomic mass is 10.1. The third kappa shape index (κ3) is 3.37. The Morgan fingerprint density at radius 1 is 1.29 bits per heavy atom. The highest BCUT2D eigenvalue weighted by Crippen LogP contribution is 2.26. The molecule has 0 spiro atoms. The predicted molar refractivity (Wildman–Crippen MR) is 82.4 cm³/mol. The van der Waals surface area contributed by atoms with Gasteiger partial charge >= 0.3 is 0 Å². The summed E-state index contributed by atoms with van der Waals surface area (Å²) in [7, 11) is 0. The molecule has 0 N–H and O–H groups in total. The molecule has 21 heavy (non-hydrogen) atoms. The highest BCUT2D eigenvalue weighted by atomic mass is 16.5. The summed E-state index contributed by atoms with van der Waals surface area (Å²) in [4.78, 5) is 4.77. The molecule has 2 aliphatic rings. The Morgan fingerprint density at radius 3 is 2.86 bits per heavy atom. The zero-order chi connectivity index (χ0) is 14.7. The number of benzene rings is 1. The SMILES string of the molecule is CC(C#N)N1CCN(CCc2ccc3c(c2)CCO3)CC1. The van der Waals surface area contributed by atoms with Crippen molar-refractivity contribution in [1.82, 2.24) is 9.80 Å². The normalized spacial score (nSPS) is 20.6. The molecule has 0 saturated carbocycles. The minimum absolute atomic E-state index is 0.0452. The number of nitrogens with zero attached hydrogens (tertiary/aromatic N) is 3. The first-order valence-electron chi connectivity index (χ1n) is 7.87. The average Bonchev–Trinajstić information content (AvgIpc) is 3.00. The van der Waals surface area contributed by atoms with Crippen LogP contribution < -0.4 is 4.74 Å². The number of ether oxygens (including phenoxy) is 1. The second kappa shape index (κ2) is 6.46. The second-order valence-corrected chi connectivity index (χ2v) is 5.97. The molecule has 4 nitrogen and oxygen atoms in total. The second-order valence-electron chi connectivity index (χ2n) is 5.97. The van der Waals surface area contributed by atoms with E-state index in [4.69, 9.17) is 10.00 Å². The van der Waals surface area contributed by atoms with E-state index < -0.39 is 0 Å². The summed E-state index contributed by atoms with van der Waals surface area (Å²) in [5.74, 6) is 1.07. The minimum Gasteiger partial charge on any atom is -0.493 e. The minimum atomic E-state index is 0.0452. The maximum absolute atomic E-state index is 8.97. The Bertz CT molecular complexity index is 529. The van der Waals surface area contributed by atoms with Gasteiger partial charge in [0, 0.05) is 39.1 Å². The van der Waals surface area contributed by atoms with E-state index in [1.807, 2.05) is 6.92 Å². The lowest BCUT2D eigenvalue weighted by Crippen LogP contribution is -2.49. The Kier molecular flexibility index (Phi) is 4.42. The van der Waals surface area contributed by atoms with Crippen molar-refractivity contribution in [2.24, 2.45) is 0 Å². The van der Waals surface area contributed by atoms with Gasteiger partial charge in [0.1, 0.15) is 5.75 Å². The molecular formula is C17H23N3O. The lowest BCUT2D eigenvalue weighted by Gasteiger charge is -2.35. The van der Waals surface area contributed by atoms with Crippen LogP contribution in [0.25, 0.3) is 0 Å². The molecule has 1 atom stereocenters. The largest absolute Gasteiger partial charge is 0.493 e. The van der Waals surface area contributed by atoms with Crippen LogP contribution >= 0.6 is 0 Å². The molecule has 2 aliphatic heterocycles. The fraction of sp³-hybridized carbons (Fsp3) is 0.588. The van der Waals surface area contributed by atoms with E-state index in [0.29, 0.717) is 0 Å². The van der Waals surface area contributed by atoms with Gasteiger partial charge in [-0.05, 0) is 30.5 Å². The summed E-state index contributed by atoms with van der Waals surface area (Å²) < 4.78 is 5.55. The van der Waals surface area contributed by atoms with Gasteiger partial charge < -0.3 is 9.64 Å². The fourth-order valence-electron chi connectivity index (χ4n) is 3.14. The molecule has 0 bridgehead atoms. The van der Waals surface area contributed by atoms with Gasteiger partial charge in [0.2, 0.25) is 0 Å². The van der Waals surface area contributed by atoms with Gasteiger partial charge in [-0.25, -0.2) is 0 Å². The van der Waals surface area contributed by atoms with Crippen LogP contribution in [-0.2, 0) is 12.8 Å². The van der Waals surface area contributed by atoms with E-state index >= 15 is 0 Å². The first-order valence-corrected chi connectivity index (χ1v) is 7.87.